The van der Waals surface area contributed by atoms with Crippen molar-refractivity contribution in [3.8, 4) is 0 Å². The van der Waals surface area contributed by atoms with E-state index in [1.165, 1.54) is 16.7 Å². The maximum absolute atomic E-state index is 12.5. The molecule has 6 nitrogen and oxygen atoms in total. The third kappa shape index (κ3) is 4.22. The highest BCUT2D eigenvalue weighted by molar-refractivity contribution is 8.26. The molecule has 0 radical (unpaired) electrons. The molecule has 24 heavy (non-hydrogen) atoms. The van der Waals surface area contributed by atoms with Crippen LogP contribution in [0.2, 0.25) is 0 Å². The molecule has 0 atom stereocenters. The molecule has 1 N–H and O–H groups in total. The Morgan fingerprint density at radius 3 is 2.79 bits per heavy atom. The number of hydrazine groups is 1. The van der Waals surface area contributed by atoms with Crippen molar-refractivity contribution in [3.05, 3.63) is 27.3 Å². The highest BCUT2D eigenvalue weighted by Crippen LogP contribution is 2.32. The van der Waals surface area contributed by atoms with Crippen LogP contribution in [0.5, 0.6) is 0 Å². The lowest BCUT2D eigenvalue weighted by molar-refractivity contribution is -0.132. The highest BCUT2D eigenvalue weighted by atomic mass is 32.2. The zero-order valence-electron chi connectivity index (χ0n) is 13.2. The number of hydrogen-bond acceptors (Lipinski definition) is 7. The molecule has 1 aromatic heterocycles. The van der Waals surface area contributed by atoms with Crippen LogP contribution in [-0.2, 0) is 9.59 Å². The number of thiophene rings is 1. The second-order valence-electron chi connectivity index (χ2n) is 5.61. The fourth-order valence-electron chi connectivity index (χ4n) is 2.41. The predicted molar refractivity (Wildman–Crippen MR) is 101 cm³/mol. The zero-order valence-corrected chi connectivity index (χ0v) is 15.7. The van der Waals surface area contributed by atoms with Crippen LogP contribution in [0.15, 0.2) is 22.4 Å². The Labute approximate surface area is 154 Å². The molecule has 1 aromatic rings. The minimum Gasteiger partial charge on any atom is -0.304 e. The maximum Gasteiger partial charge on any atom is 0.266 e. The Hall–Kier alpha value is -1.26. The van der Waals surface area contributed by atoms with Gasteiger partial charge in [-0.2, -0.15) is 0 Å². The molecule has 2 aliphatic rings. The Balaban J connectivity index is 1.57. The number of hydrogen-bond donors (Lipinski definition) is 1. The number of thiocarbonyl (C=S) groups is 1. The first-order chi connectivity index (χ1) is 11.5. The van der Waals surface area contributed by atoms with Crippen molar-refractivity contribution in [2.24, 2.45) is 0 Å². The normalized spacial score (nSPS) is 21.7. The van der Waals surface area contributed by atoms with Gasteiger partial charge in [0.25, 0.3) is 11.8 Å². The number of piperazine rings is 1. The van der Waals surface area contributed by atoms with E-state index in [9.17, 15) is 9.59 Å². The fraction of sp³-hybridized carbons (Fsp3) is 0.400. The quantitative estimate of drug-likeness (QED) is 0.624. The van der Waals surface area contributed by atoms with Gasteiger partial charge in [-0.3, -0.25) is 19.9 Å². The summed E-state index contributed by atoms with van der Waals surface area (Å²) in [7, 11) is 2.05. The maximum atomic E-state index is 12.5. The van der Waals surface area contributed by atoms with Gasteiger partial charge in [0.15, 0.2) is 0 Å². The second kappa shape index (κ2) is 7.75. The molecule has 0 aromatic carbocycles. The van der Waals surface area contributed by atoms with Crippen molar-refractivity contribution >= 4 is 57.5 Å². The molecule has 0 spiro atoms. The zero-order chi connectivity index (χ0) is 17.1. The number of carbonyl (C=O) groups excluding carboxylic acids is 2. The van der Waals surface area contributed by atoms with Crippen LogP contribution in [0, 0.1) is 0 Å². The first kappa shape index (κ1) is 17.6. The molecule has 2 saturated heterocycles. The number of nitrogens with zero attached hydrogens (tertiary/aromatic N) is 3. The van der Waals surface area contributed by atoms with Crippen molar-refractivity contribution in [2.75, 3.05) is 39.8 Å². The van der Waals surface area contributed by atoms with Gasteiger partial charge in [0.1, 0.15) is 10.9 Å². The van der Waals surface area contributed by atoms with Gasteiger partial charge in [0.05, 0.1) is 4.91 Å². The average Bonchev–Trinajstić information content (AvgIpc) is 3.14. The first-order valence-electron chi connectivity index (χ1n) is 7.55. The van der Waals surface area contributed by atoms with Crippen LogP contribution in [0.4, 0.5) is 0 Å². The van der Waals surface area contributed by atoms with Crippen molar-refractivity contribution < 1.29 is 9.59 Å². The van der Waals surface area contributed by atoms with Crippen molar-refractivity contribution in [1.29, 1.82) is 0 Å². The molecule has 9 heteroatoms. The lowest BCUT2D eigenvalue weighted by Gasteiger charge is -2.32. The molecule has 0 bridgehead atoms. The van der Waals surface area contributed by atoms with Crippen LogP contribution in [0.3, 0.4) is 0 Å². The molecule has 2 fully saturated rings. The standard InChI is InChI=1S/C15H18N4O2S3/c1-17-4-6-18(7-5-17)16-13(20)10-19-14(21)12(24-15(19)22)9-11-3-2-8-23-11/h2-3,8-9H,4-7,10H2,1H3,(H,16,20). The number of thioether (sulfide) groups is 1. The van der Waals surface area contributed by atoms with E-state index in [0.717, 1.165) is 31.1 Å². The molecule has 2 amide bonds. The first-order valence-corrected chi connectivity index (χ1v) is 9.65. The van der Waals surface area contributed by atoms with E-state index >= 15 is 0 Å². The molecular formula is C15H18N4O2S3. The third-order valence-corrected chi connectivity index (χ3v) is 5.98. The van der Waals surface area contributed by atoms with Crippen LogP contribution < -0.4 is 5.43 Å². The van der Waals surface area contributed by atoms with E-state index < -0.39 is 0 Å². The molecule has 128 valence electrons. The van der Waals surface area contributed by atoms with Gasteiger partial charge in [-0.25, -0.2) is 5.01 Å². The van der Waals surface area contributed by atoms with E-state index in [1.54, 1.807) is 11.3 Å². The Morgan fingerprint density at radius 1 is 1.38 bits per heavy atom. The summed E-state index contributed by atoms with van der Waals surface area (Å²) in [5.41, 5.74) is 2.86. The summed E-state index contributed by atoms with van der Waals surface area (Å²) < 4.78 is 0.427. The third-order valence-electron chi connectivity index (χ3n) is 3.78. The fourth-order valence-corrected chi connectivity index (χ4v) is 4.39. The lowest BCUT2D eigenvalue weighted by atomic mass is 10.3. The Kier molecular flexibility index (Phi) is 5.67. The Bertz CT molecular complexity index is 666. The van der Waals surface area contributed by atoms with Crippen LogP contribution in [0.25, 0.3) is 6.08 Å². The minimum atomic E-state index is -0.215. The molecule has 2 aliphatic heterocycles. The topological polar surface area (TPSA) is 55.9 Å². The summed E-state index contributed by atoms with van der Waals surface area (Å²) in [6, 6.07) is 3.87. The van der Waals surface area contributed by atoms with Crippen molar-refractivity contribution in [2.45, 2.75) is 0 Å². The lowest BCUT2D eigenvalue weighted by Crippen LogP contribution is -2.54. The van der Waals surface area contributed by atoms with Crippen molar-refractivity contribution in [1.82, 2.24) is 20.2 Å². The summed E-state index contributed by atoms with van der Waals surface area (Å²) in [5.74, 6) is -0.417. The van der Waals surface area contributed by atoms with Gasteiger partial charge >= 0.3 is 0 Å². The molecule has 3 rings (SSSR count). The van der Waals surface area contributed by atoms with Gasteiger partial charge < -0.3 is 4.90 Å². The van der Waals surface area contributed by atoms with Gasteiger partial charge in [-0.1, -0.05) is 30.0 Å². The number of amides is 2. The van der Waals surface area contributed by atoms with Gasteiger partial charge in [-0.15, -0.1) is 11.3 Å². The molecule has 0 aliphatic carbocycles. The second-order valence-corrected chi connectivity index (χ2v) is 8.26. The van der Waals surface area contributed by atoms with Crippen LogP contribution in [0.1, 0.15) is 4.88 Å². The summed E-state index contributed by atoms with van der Waals surface area (Å²) >= 11 is 8.06. The van der Waals surface area contributed by atoms with Crippen LogP contribution in [-0.4, -0.2) is 70.7 Å². The summed E-state index contributed by atoms with van der Waals surface area (Å²) in [4.78, 5) is 29.8. The van der Waals surface area contributed by atoms with E-state index in [1.807, 2.05) is 28.6 Å². The molecule has 0 saturated carbocycles. The summed E-state index contributed by atoms with van der Waals surface area (Å²) in [5, 5.41) is 3.84. The van der Waals surface area contributed by atoms with Crippen LogP contribution >= 0.6 is 35.3 Å². The van der Waals surface area contributed by atoms with E-state index in [4.69, 9.17) is 12.2 Å². The minimum absolute atomic E-state index is 0.0429. The molecule has 3 heterocycles. The number of likely N-dealkylation sites (N-methyl/N-ethyl adjacent to an activating group) is 1. The van der Waals surface area contributed by atoms with E-state index in [2.05, 4.69) is 17.4 Å². The van der Waals surface area contributed by atoms with E-state index in [-0.39, 0.29) is 18.4 Å². The average molecular weight is 383 g/mol. The van der Waals surface area contributed by atoms with Gasteiger partial charge in [0.2, 0.25) is 0 Å². The summed E-state index contributed by atoms with van der Waals surface area (Å²) in [6.07, 6.45) is 1.82. The van der Waals surface area contributed by atoms with Gasteiger partial charge in [-0.05, 0) is 24.6 Å². The SMILES string of the molecule is CN1CCN(NC(=O)CN2C(=O)C(=Cc3cccs3)SC2=S)CC1. The highest BCUT2D eigenvalue weighted by Gasteiger charge is 2.33. The monoisotopic (exact) mass is 382 g/mol. The molecule has 0 unspecified atom stereocenters. The van der Waals surface area contributed by atoms with Crippen molar-refractivity contribution in [3.63, 3.8) is 0 Å². The smallest absolute Gasteiger partial charge is 0.266 e. The number of rotatable bonds is 4. The predicted octanol–water partition coefficient (Wildman–Crippen LogP) is 1.23. The number of carbonyl (C=O) groups is 2. The van der Waals surface area contributed by atoms with E-state index in [0.29, 0.717) is 9.23 Å². The summed E-state index contributed by atoms with van der Waals surface area (Å²) in [6.45, 7) is 3.33. The largest absolute Gasteiger partial charge is 0.304 e. The Morgan fingerprint density at radius 2 is 2.12 bits per heavy atom. The molecular weight excluding hydrogens is 364 g/mol. The van der Waals surface area contributed by atoms with Gasteiger partial charge in [0, 0.05) is 31.1 Å². The number of nitrogens with one attached hydrogen (secondary N) is 1.